The zero-order valence-electron chi connectivity index (χ0n) is 15.2. The van der Waals surface area contributed by atoms with E-state index in [1.807, 2.05) is 12.1 Å². The molecule has 2 aliphatic rings. The van der Waals surface area contributed by atoms with Gasteiger partial charge < -0.3 is 9.64 Å². The molecule has 146 valence electrons. The minimum absolute atomic E-state index is 0.0244. The van der Waals surface area contributed by atoms with Crippen molar-refractivity contribution in [1.82, 2.24) is 9.80 Å². The minimum Gasteiger partial charge on any atom is -0.441 e. The lowest BCUT2D eigenvalue weighted by molar-refractivity contribution is 0.00312. The smallest absolute Gasteiger partial charge is 0.410 e. The summed E-state index contributed by atoms with van der Waals surface area (Å²) < 4.78 is 20.5. The molecular formula is C21H20BrFN2O3. The Labute approximate surface area is 171 Å². The van der Waals surface area contributed by atoms with Gasteiger partial charge in [-0.3, -0.25) is 9.69 Å². The van der Waals surface area contributed by atoms with Gasteiger partial charge in [0.25, 0.3) is 5.91 Å². The highest BCUT2D eigenvalue weighted by Crippen LogP contribution is 2.34. The Hall–Kier alpha value is -2.41. The maximum Gasteiger partial charge on any atom is 0.410 e. The SMILES string of the molecule is O=C1OC2(CCN(C(=O)c3cccc(Br)c3)CC2)CN1Cc1ccccc1F. The number of carbonyl (C=O) groups excluding carboxylic acids is 2. The highest BCUT2D eigenvalue weighted by Gasteiger charge is 2.47. The van der Waals surface area contributed by atoms with Crippen molar-refractivity contribution in [2.45, 2.75) is 25.0 Å². The molecule has 0 radical (unpaired) electrons. The summed E-state index contributed by atoms with van der Waals surface area (Å²) in [6.45, 7) is 1.64. The monoisotopic (exact) mass is 446 g/mol. The summed E-state index contributed by atoms with van der Waals surface area (Å²) in [5.74, 6) is -0.352. The van der Waals surface area contributed by atoms with E-state index in [9.17, 15) is 14.0 Å². The molecule has 2 heterocycles. The predicted molar refractivity (Wildman–Crippen MR) is 105 cm³/mol. The van der Waals surface area contributed by atoms with Crippen molar-refractivity contribution in [2.75, 3.05) is 19.6 Å². The second-order valence-corrected chi connectivity index (χ2v) is 8.22. The second-order valence-electron chi connectivity index (χ2n) is 7.30. The third kappa shape index (κ3) is 3.76. The first kappa shape index (κ1) is 18.9. The number of ether oxygens (including phenoxy) is 1. The zero-order valence-corrected chi connectivity index (χ0v) is 16.8. The number of likely N-dealkylation sites (tertiary alicyclic amines) is 1. The number of nitrogens with zero attached hydrogens (tertiary/aromatic N) is 2. The van der Waals surface area contributed by atoms with E-state index in [0.29, 0.717) is 43.6 Å². The first-order valence-electron chi connectivity index (χ1n) is 9.22. The van der Waals surface area contributed by atoms with Crippen molar-refractivity contribution in [3.8, 4) is 0 Å². The highest BCUT2D eigenvalue weighted by molar-refractivity contribution is 9.10. The van der Waals surface area contributed by atoms with Crippen LogP contribution in [0.25, 0.3) is 0 Å². The van der Waals surface area contributed by atoms with Crippen molar-refractivity contribution in [3.63, 3.8) is 0 Å². The lowest BCUT2D eigenvalue weighted by Gasteiger charge is -2.37. The van der Waals surface area contributed by atoms with Crippen LogP contribution in [0.5, 0.6) is 0 Å². The van der Waals surface area contributed by atoms with E-state index in [1.165, 1.54) is 6.07 Å². The van der Waals surface area contributed by atoms with Gasteiger partial charge >= 0.3 is 6.09 Å². The van der Waals surface area contributed by atoms with Gasteiger partial charge in [0.2, 0.25) is 0 Å². The van der Waals surface area contributed by atoms with E-state index in [0.717, 1.165) is 4.47 Å². The first-order valence-corrected chi connectivity index (χ1v) is 10.0. The van der Waals surface area contributed by atoms with Gasteiger partial charge in [-0.1, -0.05) is 40.2 Å². The highest BCUT2D eigenvalue weighted by atomic mass is 79.9. The van der Waals surface area contributed by atoms with Crippen LogP contribution in [0.1, 0.15) is 28.8 Å². The molecule has 5 nitrogen and oxygen atoms in total. The van der Waals surface area contributed by atoms with E-state index >= 15 is 0 Å². The fraction of sp³-hybridized carbons (Fsp3) is 0.333. The Bertz CT molecular complexity index is 912. The van der Waals surface area contributed by atoms with E-state index < -0.39 is 11.7 Å². The van der Waals surface area contributed by atoms with E-state index in [1.54, 1.807) is 40.1 Å². The Morgan fingerprint density at radius 1 is 1.14 bits per heavy atom. The lowest BCUT2D eigenvalue weighted by atomic mass is 9.91. The molecular weight excluding hydrogens is 427 g/mol. The van der Waals surface area contributed by atoms with Gasteiger partial charge in [0.15, 0.2) is 0 Å². The molecule has 2 saturated heterocycles. The standard InChI is InChI=1S/C21H20BrFN2O3/c22-17-6-3-5-15(12-17)19(26)24-10-8-21(9-11-24)14-25(20(27)28-21)13-16-4-1-2-7-18(16)23/h1-7,12H,8-11,13-14H2. The Balaban J connectivity index is 1.40. The molecule has 0 atom stereocenters. The summed E-state index contributed by atoms with van der Waals surface area (Å²) in [7, 11) is 0. The van der Waals surface area contributed by atoms with E-state index in [4.69, 9.17) is 4.74 Å². The lowest BCUT2D eigenvalue weighted by Crippen LogP contribution is -2.48. The number of amides is 2. The Morgan fingerprint density at radius 3 is 2.61 bits per heavy atom. The van der Waals surface area contributed by atoms with Crippen LogP contribution in [0.3, 0.4) is 0 Å². The Kier molecular flexibility index (Phi) is 5.10. The molecule has 0 aromatic heterocycles. The summed E-state index contributed by atoms with van der Waals surface area (Å²) in [5, 5.41) is 0. The van der Waals surface area contributed by atoms with Crippen LogP contribution in [0.4, 0.5) is 9.18 Å². The summed E-state index contributed by atoms with van der Waals surface area (Å²) in [6, 6.07) is 13.8. The van der Waals surface area contributed by atoms with Crippen LogP contribution in [-0.2, 0) is 11.3 Å². The molecule has 1 spiro atoms. The van der Waals surface area contributed by atoms with E-state index in [-0.39, 0.29) is 18.3 Å². The zero-order chi connectivity index (χ0) is 19.7. The first-order chi connectivity index (χ1) is 13.5. The number of halogens is 2. The summed E-state index contributed by atoms with van der Waals surface area (Å²) >= 11 is 3.39. The largest absolute Gasteiger partial charge is 0.441 e. The van der Waals surface area contributed by atoms with Crippen LogP contribution in [0.15, 0.2) is 53.0 Å². The van der Waals surface area contributed by atoms with Gasteiger partial charge in [0, 0.05) is 41.5 Å². The summed E-state index contributed by atoms with van der Waals surface area (Å²) in [4.78, 5) is 28.4. The molecule has 2 fully saturated rings. The molecule has 28 heavy (non-hydrogen) atoms. The number of carbonyl (C=O) groups is 2. The molecule has 7 heteroatoms. The van der Waals surface area contributed by atoms with Crippen LogP contribution in [-0.4, -0.2) is 47.0 Å². The average Bonchev–Trinajstić information content (AvgIpc) is 2.98. The Morgan fingerprint density at radius 2 is 1.89 bits per heavy atom. The minimum atomic E-state index is -0.601. The fourth-order valence-electron chi connectivity index (χ4n) is 3.83. The number of hydrogen-bond donors (Lipinski definition) is 0. The number of rotatable bonds is 3. The third-order valence-corrected chi connectivity index (χ3v) is 5.89. The summed E-state index contributed by atoms with van der Waals surface area (Å²) in [5.41, 5.74) is 0.504. The predicted octanol–water partition coefficient (Wildman–Crippen LogP) is 4.22. The van der Waals surface area contributed by atoms with Gasteiger partial charge in [-0.15, -0.1) is 0 Å². The van der Waals surface area contributed by atoms with Crippen molar-refractivity contribution >= 4 is 27.9 Å². The van der Waals surface area contributed by atoms with Crippen molar-refractivity contribution in [3.05, 3.63) is 69.9 Å². The van der Waals surface area contributed by atoms with Crippen LogP contribution >= 0.6 is 15.9 Å². The molecule has 2 aromatic carbocycles. The number of hydrogen-bond acceptors (Lipinski definition) is 3. The van der Waals surface area contributed by atoms with Crippen LogP contribution < -0.4 is 0 Å². The molecule has 4 rings (SSSR count). The molecule has 0 bridgehead atoms. The number of benzene rings is 2. The van der Waals surface area contributed by atoms with Gasteiger partial charge in [0.05, 0.1) is 13.1 Å². The maximum atomic E-state index is 13.9. The van der Waals surface area contributed by atoms with Gasteiger partial charge in [0.1, 0.15) is 11.4 Å². The molecule has 0 N–H and O–H groups in total. The second kappa shape index (κ2) is 7.54. The van der Waals surface area contributed by atoms with Crippen molar-refractivity contribution in [1.29, 1.82) is 0 Å². The molecule has 0 unspecified atom stereocenters. The molecule has 2 aliphatic heterocycles. The molecule has 0 saturated carbocycles. The third-order valence-electron chi connectivity index (χ3n) is 5.39. The maximum absolute atomic E-state index is 13.9. The fourth-order valence-corrected chi connectivity index (χ4v) is 4.23. The van der Waals surface area contributed by atoms with Gasteiger partial charge in [-0.05, 0) is 24.3 Å². The number of piperidine rings is 1. The van der Waals surface area contributed by atoms with Crippen molar-refractivity contribution in [2.24, 2.45) is 0 Å². The quantitative estimate of drug-likeness (QED) is 0.709. The van der Waals surface area contributed by atoms with E-state index in [2.05, 4.69) is 15.9 Å². The van der Waals surface area contributed by atoms with Gasteiger partial charge in [-0.25, -0.2) is 9.18 Å². The van der Waals surface area contributed by atoms with Crippen LogP contribution in [0, 0.1) is 5.82 Å². The van der Waals surface area contributed by atoms with Crippen LogP contribution in [0.2, 0.25) is 0 Å². The average molecular weight is 447 g/mol. The molecule has 2 amide bonds. The summed E-state index contributed by atoms with van der Waals surface area (Å²) in [6.07, 6.45) is 0.730. The molecule has 2 aromatic rings. The normalized spacial score (nSPS) is 18.4. The van der Waals surface area contributed by atoms with Gasteiger partial charge in [-0.2, -0.15) is 0 Å². The van der Waals surface area contributed by atoms with Crippen molar-refractivity contribution < 1.29 is 18.7 Å². The topological polar surface area (TPSA) is 49.9 Å². The molecule has 0 aliphatic carbocycles.